The molecule has 1 fully saturated rings. The van der Waals surface area contributed by atoms with Crippen LogP contribution in [0.2, 0.25) is 5.02 Å². The van der Waals surface area contributed by atoms with Crippen LogP contribution in [0.25, 0.3) is 0 Å². The summed E-state index contributed by atoms with van der Waals surface area (Å²) in [5, 5.41) is 30.5. The van der Waals surface area contributed by atoms with E-state index in [-0.39, 0.29) is 17.4 Å². The zero-order valence-corrected chi connectivity index (χ0v) is 14.3. The number of esters is 2. The highest BCUT2D eigenvalue weighted by molar-refractivity contribution is 6.32. The Morgan fingerprint density at radius 3 is 2.44 bits per heavy atom. The van der Waals surface area contributed by atoms with E-state index in [0.717, 1.165) is 6.92 Å². The van der Waals surface area contributed by atoms with Gasteiger partial charge in [0.15, 0.2) is 6.10 Å². The molecule has 5 atom stereocenters. The molecule has 0 bridgehead atoms. The molecule has 25 heavy (non-hydrogen) atoms. The van der Waals surface area contributed by atoms with E-state index in [0.29, 0.717) is 5.56 Å². The lowest BCUT2D eigenvalue weighted by molar-refractivity contribution is -0.242. The van der Waals surface area contributed by atoms with E-state index in [4.69, 9.17) is 25.8 Å². The molecule has 0 radical (unpaired) electrons. The van der Waals surface area contributed by atoms with Crippen LogP contribution in [0.4, 0.5) is 0 Å². The minimum absolute atomic E-state index is 0.115. The minimum atomic E-state index is -1.49. The van der Waals surface area contributed by atoms with E-state index in [9.17, 15) is 24.9 Å². The molecule has 0 unspecified atom stereocenters. The number of hydrogen-bond acceptors (Lipinski definition) is 8. The molecule has 8 nitrogen and oxygen atoms in total. The number of halogens is 1. The topological polar surface area (TPSA) is 123 Å². The molecule has 0 spiro atoms. The predicted octanol–water partition coefficient (Wildman–Crippen LogP) is 0.702. The minimum Gasteiger partial charge on any atom is -0.506 e. The summed E-state index contributed by atoms with van der Waals surface area (Å²) in [6, 6.07) is 4.21. The van der Waals surface area contributed by atoms with Crippen LogP contribution < -0.4 is 0 Å². The quantitative estimate of drug-likeness (QED) is 0.658. The average Bonchev–Trinajstić information content (AvgIpc) is 2.53. The SMILES string of the molecule is CC(=O)OC[C@H]1O[C@H](c2ccc(Cl)c(O)c2)[C@@H](O)[C@@H](O)[C@@H]1OC(C)=O. The lowest BCUT2D eigenvalue weighted by atomic mass is 9.91. The number of carbonyl (C=O) groups is 2. The smallest absolute Gasteiger partial charge is 0.303 e. The third-order valence-electron chi connectivity index (χ3n) is 3.74. The molecule has 9 heteroatoms. The van der Waals surface area contributed by atoms with Crippen LogP contribution in [0.5, 0.6) is 5.75 Å². The molecular weight excluding hydrogens is 356 g/mol. The summed E-state index contributed by atoms with van der Waals surface area (Å²) in [6.07, 6.45) is -6.21. The first-order valence-electron chi connectivity index (χ1n) is 7.51. The van der Waals surface area contributed by atoms with E-state index in [1.807, 2.05) is 0 Å². The molecule has 1 aromatic carbocycles. The Hall–Kier alpha value is -1.87. The van der Waals surface area contributed by atoms with Crippen molar-refractivity contribution in [2.45, 2.75) is 44.4 Å². The normalized spacial score (nSPS) is 29.1. The molecule has 2 rings (SSSR count). The second-order valence-electron chi connectivity index (χ2n) is 5.66. The number of phenols is 1. The van der Waals surface area contributed by atoms with Crippen LogP contribution in [0, 0.1) is 0 Å². The number of phenolic OH excluding ortho intramolecular Hbond substituents is 1. The van der Waals surface area contributed by atoms with Gasteiger partial charge in [-0.15, -0.1) is 0 Å². The van der Waals surface area contributed by atoms with Gasteiger partial charge < -0.3 is 29.5 Å². The van der Waals surface area contributed by atoms with Gasteiger partial charge in [0.25, 0.3) is 0 Å². The first kappa shape index (κ1) is 19.5. The second-order valence-corrected chi connectivity index (χ2v) is 6.07. The Morgan fingerprint density at radius 2 is 1.88 bits per heavy atom. The van der Waals surface area contributed by atoms with E-state index in [1.165, 1.54) is 25.1 Å². The Bertz CT molecular complexity index is 649. The molecule has 0 amide bonds. The van der Waals surface area contributed by atoms with Gasteiger partial charge in [-0.25, -0.2) is 0 Å². The Labute approximate surface area is 148 Å². The lowest BCUT2D eigenvalue weighted by Crippen LogP contribution is -2.57. The van der Waals surface area contributed by atoms with Crippen molar-refractivity contribution >= 4 is 23.5 Å². The predicted molar refractivity (Wildman–Crippen MR) is 84.9 cm³/mol. The fourth-order valence-corrected chi connectivity index (χ4v) is 2.71. The molecule has 1 heterocycles. The van der Waals surface area contributed by atoms with Gasteiger partial charge in [0.2, 0.25) is 0 Å². The lowest BCUT2D eigenvalue weighted by Gasteiger charge is -2.42. The van der Waals surface area contributed by atoms with Gasteiger partial charge in [-0.1, -0.05) is 17.7 Å². The average molecular weight is 375 g/mol. The Kier molecular flexibility index (Phi) is 6.23. The van der Waals surface area contributed by atoms with Crippen LogP contribution in [-0.4, -0.2) is 58.3 Å². The highest BCUT2D eigenvalue weighted by Crippen LogP contribution is 2.36. The van der Waals surface area contributed by atoms with Gasteiger partial charge >= 0.3 is 11.9 Å². The van der Waals surface area contributed by atoms with Gasteiger partial charge in [0, 0.05) is 13.8 Å². The van der Waals surface area contributed by atoms with Gasteiger partial charge in [0.05, 0.1) is 5.02 Å². The molecule has 0 aliphatic carbocycles. The van der Waals surface area contributed by atoms with E-state index in [1.54, 1.807) is 0 Å². The summed E-state index contributed by atoms with van der Waals surface area (Å²) in [5.74, 6) is -1.48. The third-order valence-corrected chi connectivity index (χ3v) is 4.06. The molecule has 1 aliphatic rings. The maximum absolute atomic E-state index is 11.3. The maximum atomic E-state index is 11.3. The van der Waals surface area contributed by atoms with Crippen molar-refractivity contribution in [3.63, 3.8) is 0 Å². The van der Waals surface area contributed by atoms with Crippen molar-refractivity contribution in [1.82, 2.24) is 0 Å². The van der Waals surface area contributed by atoms with Crippen molar-refractivity contribution in [1.29, 1.82) is 0 Å². The molecule has 138 valence electrons. The van der Waals surface area contributed by atoms with Crippen molar-refractivity contribution < 1.29 is 39.1 Å². The molecule has 1 aliphatic heterocycles. The third kappa shape index (κ3) is 4.60. The molecule has 0 saturated carbocycles. The van der Waals surface area contributed by atoms with Crippen molar-refractivity contribution in [3.8, 4) is 5.75 Å². The first-order chi connectivity index (χ1) is 11.7. The zero-order chi connectivity index (χ0) is 18.7. The molecule has 3 N–H and O–H groups in total. The fraction of sp³-hybridized carbons (Fsp3) is 0.500. The summed E-state index contributed by atoms with van der Waals surface area (Å²) in [5.41, 5.74) is 0.350. The number of aromatic hydroxyl groups is 1. The maximum Gasteiger partial charge on any atom is 0.303 e. The summed E-state index contributed by atoms with van der Waals surface area (Å²) >= 11 is 5.76. The second kappa shape index (κ2) is 8.01. The Morgan fingerprint density at radius 1 is 1.20 bits per heavy atom. The van der Waals surface area contributed by atoms with Crippen molar-refractivity contribution in [2.24, 2.45) is 0 Å². The highest BCUT2D eigenvalue weighted by Gasteiger charge is 2.47. The van der Waals surface area contributed by atoms with E-state index >= 15 is 0 Å². The van der Waals surface area contributed by atoms with Crippen LogP contribution in [0.3, 0.4) is 0 Å². The molecular formula is C16H19ClO8. The Balaban J connectivity index is 2.28. The molecule has 0 aromatic heterocycles. The first-order valence-corrected chi connectivity index (χ1v) is 7.89. The highest BCUT2D eigenvalue weighted by atomic mass is 35.5. The van der Waals surface area contributed by atoms with Crippen LogP contribution in [0.1, 0.15) is 25.5 Å². The van der Waals surface area contributed by atoms with Gasteiger partial charge in [-0.2, -0.15) is 0 Å². The largest absolute Gasteiger partial charge is 0.506 e. The number of ether oxygens (including phenoxy) is 3. The summed E-state index contributed by atoms with van der Waals surface area (Å²) in [7, 11) is 0. The fourth-order valence-electron chi connectivity index (χ4n) is 2.59. The summed E-state index contributed by atoms with van der Waals surface area (Å²) in [4.78, 5) is 22.3. The number of hydrogen-bond donors (Lipinski definition) is 3. The summed E-state index contributed by atoms with van der Waals surface area (Å²) < 4.78 is 15.6. The number of benzene rings is 1. The van der Waals surface area contributed by atoms with Crippen LogP contribution in [0.15, 0.2) is 18.2 Å². The summed E-state index contributed by atoms with van der Waals surface area (Å²) in [6.45, 7) is 2.06. The van der Waals surface area contributed by atoms with Crippen LogP contribution >= 0.6 is 11.6 Å². The molecule has 1 aromatic rings. The zero-order valence-electron chi connectivity index (χ0n) is 13.6. The molecule has 1 saturated heterocycles. The van der Waals surface area contributed by atoms with Gasteiger partial charge in [-0.05, 0) is 17.7 Å². The van der Waals surface area contributed by atoms with E-state index < -0.39 is 42.5 Å². The number of rotatable bonds is 4. The standard InChI is InChI=1S/C16H19ClO8/c1-7(18)23-6-12-16(24-8(2)19)14(22)13(21)15(25-12)9-3-4-10(17)11(20)5-9/h3-5,12-16,20-22H,6H2,1-2H3/t12-,13+,14-,15-,16-/m1/s1. The van der Waals surface area contributed by atoms with Crippen molar-refractivity contribution in [3.05, 3.63) is 28.8 Å². The number of carbonyl (C=O) groups excluding carboxylic acids is 2. The van der Waals surface area contributed by atoms with Crippen LogP contribution in [-0.2, 0) is 23.8 Å². The van der Waals surface area contributed by atoms with Crippen molar-refractivity contribution in [2.75, 3.05) is 6.61 Å². The number of aliphatic hydroxyl groups is 2. The van der Waals surface area contributed by atoms with Gasteiger partial charge in [0.1, 0.15) is 36.8 Å². The monoisotopic (exact) mass is 374 g/mol. The number of aliphatic hydroxyl groups excluding tert-OH is 2. The van der Waals surface area contributed by atoms with E-state index in [2.05, 4.69) is 0 Å². The van der Waals surface area contributed by atoms with Gasteiger partial charge in [-0.3, -0.25) is 9.59 Å².